The summed E-state index contributed by atoms with van der Waals surface area (Å²) in [5.74, 6) is -0.134. The van der Waals surface area contributed by atoms with Crippen molar-refractivity contribution in [3.05, 3.63) is 63.7 Å². The molecule has 8 heteroatoms. The van der Waals surface area contributed by atoms with E-state index in [1.165, 1.54) is 24.3 Å². The molecule has 0 spiro atoms. The number of hydrogen-bond acceptors (Lipinski definition) is 5. The largest absolute Gasteiger partial charge is 0.368 e. The molecule has 0 unspecified atom stereocenters. The van der Waals surface area contributed by atoms with Crippen LogP contribution < -0.4 is 10.2 Å². The van der Waals surface area contributed by atoms with Crippen LogP contribution in [0.1, 0.15) is 0 Å². The molecule has 0 atom stereocenters. The number of carbonyl (C=O) groups is 1. The van der Waals surface area contributed by atoms with Gasteiger partial charge in [-0.15, -0.1) is 0 Å². The molecule has 136 valence electrons. The summed E-state index contributed by atoms with van der Waals surface area (Å²) in [6.45, 7) is 3.41. The van der Waals surface area contributed by atoms with E-state index in [1.807, 2.05) is 24.3 Å². The molecule has 2 aromatic rings. The maximum atomic E-state index is 12.2. The highest BCUT2D eigenvalue weighted by Gasteiger charge is 2.20. The van der Waals surface area contributed by atoms with Crippen LogP contribution >= 0.6 is 11.6 Å². The van der Waals surface area contributed by atoms with Gasteiger partial charge in [-0.25, -0.2) is 0 Å². The lowest BCUT2D eigenvalue weighted by molar-refractivity contribution is -0.384. The number of carbonyl (C=O) groups excluding carboxylic acids is 1. The molecule has 1 fully saturated rings. The fraction of sp³-hybridized carbons (Fsp3) is 0.278. The van der Waals surface area contributed by atoms with E-state index in [1.54, 1.807) is 0 Å². The molecule has 1 heterocycles. The number of non-ortho nitro benzene ring substituents is 1. The van der Waals surface area contributed by atoms with Crippen LogP contribution in [0.2, 0.25) is 5.02 Å². The highest BCUT2D eigenvalue weighted by molar-refractivity contribution is 6.33. The Labute approximate surface area is 156 Å². The van der Waals surface area contributed by atoms with Gasteiger partial charge in [0.2, 0.25) is 5.91 Å². The Kier molecular flexibility index (Phi) is 5.70. The number of nitro groups is 1. The maximum absolute atomic E-state index is 12.2. The van der Waals surface area contributed by atoms with Gasteiger partial charge < -0.3 is 10.2 Å². The molecule has 0 bridgehead atoms. The normalized spacial score (nSPS) is 14.9. The average molecular weight is 375 g/mol. The summed E-state index contributed by atoms with van der Waals surface area (Å²) in [5, 5.41) is 14.1. The summed E-state index contributed by atoms with van der Waals surface area (Å²) in [6.07, 6.45) is 0. The lowest BCUT2D eigenvalue weighted by Crippen LogP contribution is -2.48. The van der Waals surface area contributed by atoms with E-state index in [9.17, 15) is 14.9 Å². The Hall–Kier alpha value is -2.64. The van der Waals surface area contributed by atoms with Crippen molar-refractivity contribution in [3.8, 4) is 0 Å². The Balaban J connectivity index is 1.49. The van der Waals surface area contributed by atoms with E-state index in [2.05, 4.69) is 15.1 Å². The second kappa shape index (κ2) is 8.16. The average Bonchev–Trinajstić information content (AvgIpc) is 2.63. The van der Waals surface area contributed by atoms with Gasteiger partial charge in [0, 0.05) is 44.0 Å². The molecule has 0 radical (unpaired) electrons. The zero-order valence-corrected chi connectivity index (χ0v) is 14.9. The molecule has 26 heavy (non-hydrogen) atoms. The first-order valence-electron chi connectivity index (χ1n) is 8.29. The summed E-state index contributed by atoms with van der Waals surface area (Å²) < 4.78 is 0. The van der Waals surface area contributed by atoms with Crippen molar-refractivity contribution >= 4 is 34.6 Å². The van der Waals surface area contributed by atoms with Gasteiger partial charge in [-0.1, -0.05) is 23.7 Å². The highest BCUT2D eigenvalue weighted by atomic mass is 35.5. The van der Waals surface area contributed by atoms with E-state index < -0.39 is 4.92 Å². The van der Waals surface area contributed by atoms with Crippen molar-refractivity contribution < 1.29 is 9.72 Å². The number of halogens is 1. The van der Waals surface area contributed by atoms with Gasteiger partial charge in [0.05, 0.1) is 22.2 Å². The number of benzene rings is 2. The number of amides is 1. The predicted octanol–water partition coefficient (Wildman–Crippen LogP) is 3.01. The highest BCUT2D eigenvalue weighted by Crippen LogP contribution is 2.26. The summed E-state index contributed by atoms with van der Waals surface area (Å²) in [6, 6.07) is 13.6. The van der Waals surface area contributed by atoms with E-state index >= 15 is 0 Å². The Bertz CT molecular complexity index is 789. The van der Waals surface area contributed by atoms with Gasteiger partial charge in [0.15, 0.2) is 0 Å². The van der Waals surface area contributed by atoms with Gasteiger partial charge in [-0.2, -0.15) is 0 Å². The number of nitrogens with one attached hydrogen (secondary N) is 1. The van der Waals surface area contributed by atoms with Gasteiger partial charge >= 0.3 is 0 Å². The van der Waals surface area contributed by atoms with Crippen molar-refractivity contribution in [2.24, 2.45) is 0 Å². The van der Waals surface area contributed by atoms with Crippen LogP contribution in [0.5, 0.6) is 0 Å². The van der Waals surface area contributed by atoms with Crippen LogP contribution in [0.3, 0.4) is 0 Å². The molecule has 7 nitrogen and oxygen atoms in total. The molecular weight excluding hydrogens is 356 g/mol. The van der Waals surface area contributed by atoms with Crippen molar-refractivity contribution in [2.75, 3.05) is 42.9 Å². The lowest BCUT2D eigenvalue weighted by Gasteiger charge is -2.36. The number of anilines is 2. The van der Waals surface area contributed by atoms with E-state index in [0.29, 0.717) is 5.69 Å². The summed E-state index contributed by atoms with van der Waals surface area (Å²) in [5.41, 5.74) is 1.57. The first kappa shape index (κ1) is 18.2. The van der Waals surface area contributed by atoms with E-state index in [4.69, 9.17) is 11.6 Å². The molecule has 0 aliphatic carbocycles. The number of piperazine rings is 1. The molecule has 1 aliphatic rings. The first-order chi connectivity index (χ1) is 12.5. The van der Waals surface area contributed by atoms with Gasteiger partial charge in [-0.05, 0) is 24.3 Å². The Morgan fingerprint density at radius 1 is 1.08 bits per heavy atom. The van der Waals surface area contributed by atoms with E-state index in [0.717, 1.165) is 36.9 Å². The topological polar surface area (TPSA) is 78.7 Å². The maximum Gasteiger partial charge on any atom is 0.269 e. The third-order valence-electron chi connectivity index (χ3n) is 4.29. The fourth-order valence-corrected chi connectivity index (χ4v) is 3.18. The molecule has 3 rings (SSSR count). The molecule has 1 aliphatic heterocycles. The number of nitro benzene ring substituents is 1. The van der Waals surface area contributed by atoms with Crippen molar-refractivity contribution in [1.82, 2.24) is 4.90 Å². The SMILES string of the molecule is O=C(CN1CCN(c2ccccc2Cl)CC1)Nc1ccc([N+](=O)[O-])cc1. The van der Waals surface area contributed by atoms with Crippen LogP contribution in [0, 0.1) is 10.1 Å². The minimum absolute atomic E-state index is 0.00121. The number of rotatable bonds is 5. The van der Waals surface area contributed by atoms with Crippen molar-refractivity contribution in [3.63, 3.8) is 0 Å². The van der Waals surface area contributed by atoms with Crippen LogP contribution in [-0.2, 0) is 4.79 Å². The first-order valence-corrected chi connectivity index (χ1v) is 8.67. The molecule has 1 amide bonds. The molecule has 0 aromatic heterocycles. The smallest absolute Gasteiger partial charge is 0.269 e. The fourth-order valence-electron chi connectivity index (χ4n) is 2.93. The quantitative estimate of drug-likeness (QED) is 0.643. The summed E-state index contributed by atoms with van der Waals surface area (Å²) in [4.78, 5) is 26.7. The van der Waals surface area contributed by atoms with Gasteiger partial charge in [0.1, 0.15) is 0 Å². The predicted molar refractivity (Wildman–Crippen MR) is 102 cm³/mol. The van der Waals surface area contributed by atoms with Crippen LogP contribution in [0.15, 0.2) is 48.5 Å². The minimum Gasteiger partial charge on any atom is -0.368 e. The van der Waals surface area contributed by atoms with Crippen LogP contribution in [0.4, 0.5) is 17.1 Å². The third-order valence-corrected chi connectivity index (χ3v) is 4.61. The number of nitrogens with zero attached hydrogens (tertiary/aromatic N) is 3. The van der Waals surface area contributed by atoms with Gasteiger partial charge in [0.25, 0.3) is 5.69 Å². The standard InChI is InChI=1S/C18H19ClN4O3/c19-16-3-1-2-4-17(16)22-11-9-21(10-12-22)13-18(24)20-14-5-7-15(8-6-14)23(25)26/h1-8H,9-13H2,(H,20,24). The monoisotopic (exact) mass is 374 g/mol. The molecule has 0 saturated carbocycles. The number of hydrogen-bond donors (Lipinski definition) is 1. The van der Waals surface area contributed by atoms with E-state index in [-0.39, 0.29) is 18.1 Å². The Morgan fingerprint density at radius 2 is 1.73 bits per heavy atom. The lowest BCUT2D eigenvalue weighted by atomic mass is 10.2. The number of para-hydroxylation sites is 1. The molecule has 1 saturated heterocycles. The third kappa shape index (κ3) is 4.50. The molecular formula is C18H19ClN4O3. The molecule has 2 aromatic carbocycles. The molecule has 1 N–H and O–H groups in total. The minimum atomic E-state index is -0.468. The van der Waals surface area contributed by atoms with Crippen molar-refractivity contribution in [1.29, 1.82) is 0 Å². The zero-order chi connectivity index (χ0) is 18.5. The van der Waals surface area contributed by atoms with Crippen molar-refractivity contribution in [2.45, 2.75) is 0 Å². The summed E-state index contributed by atoms with van der Waals surface area (Å²) >= 11 is 6.24. The second-order valence-electron chi connectivity index (χ2n) is 6.07. The zero-order valence-electron chi connectivity index (χ0n) is 14.1. The Morgan fingerprint density at radius 3 is 2.35 bits per heavy atom. The summed E-state index contributed by atoms with van der Waals surface area (Å²) in [7, 11) is 0. The van der Waals surface area contributed by atoms with Crippen LogP contribution in [0.25, 0.3) is 0 Å². The van der Waals surface area contributed by atoms with Crippen LogP contribution in [-0.4, -0.2) is 48.5 Å². The van der Waals surface area contributed by atoms with Gasteiger partial charge in [-0.3, -0.25) is 19.8 Å². The second-order valence-corrected chi connectivity index (χ2v) is 6.47.